The Morgan fingerprint density at radius 3 is 2.36 bits per heavy atom. The number of ketones is 1. The number of hydrogen-bond donors (Lipinski definition) is 0. The molecule has 1 saturated carbocycles. The van der Waals surface area contributed by atoms with Crippen LogP contribution in [-0.2, 0) is 9.53 Å². The standard InChI is InChI=1S/C11H15NO2/c12-6-11(7-14-8-11)10(13)9-4-2-1-3-5-9/h9H,1-5,7-8H2. The number of ether oxygens (including phenoxy) is 1. The van der Waals surface area contributed by atoms with Gasteiger partial charge in [-0.25, -0.2) is 0 Å². The fourth-order valence-electron chi connectivity index (χ4n) is 2.32. The summed E-state index contributed by atoms with van der Waals surface area (Å²) in [6, 6.07) is 2.14. The molecule has 0 amide bonds. The normalized spacial score (nSPS) is 26.2. The molecule has 1 aliphatic carbocycles. The summed E-state index contributed by atoms with van der Waals surface area (Å²) in [4.78, 5) is 12.0. The Kier molecular flexibility index (Phi) is 2.56. The number of carbonyl (C=O) groups is 1. The first-order valence-corrected chi connectivity index (χ1v) is 5.32. The number of hydrogen-bond acceptors (Lipinski definition) is 3. The molecule has 1 heterocycles. The Morgan fingerprint density at radius 1 is 1.29 bits per heavy atom. The third kappa shape index (κ3) is 1.44. The molecule has 1 saturated heterocycles. The Labute approximate surface area is 84.0 Å². The average Bonchev–Trinajstić information content (AvgIpc) is 2.18. The zero-order valence-corrected chi connectivity index (χ0v) is 8.29. The Bertz CT molecular complexity index is 270. The van der Waals surface area contributed by atoms with Crippen LogP contribution in [0.3, 0.4) is 0 Å². The first kappa shape index (κ1) is 9.67. The van der Waals surface area contributed by atoms with Crippen LogP contribution in [-0.4, -0.2) is 19.0 Å². The number of nitrogens with zero attached hydrogens (tertiary/aromatic N) is 1. The van der Waals surface area contributed by atoms with Gasteiger partial charge in [0.25, 0.3) is 0 Å². The molecule has 2 fully saturated rings. The predicted octanol–water partition coefficient (Wildman–Crippen LogP) is 1.68. The van der Waals surface area contributed by atoms with E-state index < -0.39 is 5.41 Å². The lowest BCUT2D eigenvalue weighted by Gasteiger charge is -2.37. The lowest BCUT2D eigenvalue weighted by molar-refractivity contribution is -0.152. The summed E-state index contributed by atoms with van der Waals surface area (Å²) in [7, 11) is 0. The molecule has 3 nitrogen and oxygen atoms in total. The molecule has 3 heteroatoms. The van der Waals surface area contributed by atoms with Crippen LogP contribution in [0.5, 0.6) is 0 Å². The Balaban J connectivity index is 2.03. The zero-order chi connectivity index (χ0) is 10.0. The summed E-state index contributed by atoms with van der Waals surface area (Å²) < 4.78 is 5.00. The summed E-state index contributed by atoms with van der Waals surface area (Å²) in [6.07, 6.45) is 5.46. The molecule has 0 aromatic carbocycles. The lowest BCUT2D eigenvalue weighted by atomic mass is 9.73. The minimum atomic E-state index is -0.776. The fourth-order valence-corrected chi connectivity index (χ4v) is 2.32. The zero-order valence-electron chi connectivity index (χ0n) is 8.29. The molecule has 0 N–H and O–H groups in total. The summed E-state index contributed by atoms with van der Waals surface area (Å²) in [6.45, 7) is 0.637. The van der Waals surface area contributed by atoms with Crippen molar-refractivity contribution in [1.29, 1.82) is 5.26 Å². The average molecular weight is 193 g/mol. The van der Waals surface area contributed by atoms with Gasteiger partial charge in [-0.2, -0.15) is 5.26 Å². The van der Waals surface area contributed by atoms with Gasteiger partial charge in [-0.15, -0.1) is 0 Å². The van der Waals surface area contributed by atoms with E-state index in [9.17, 15) is 4.79 Å². The van der Waals surface area contributed by atoms with Gasteiger partial charge in [0.1, 0.15) is 0 Å². The largest absolute Gasteiger partial charge is 0.377 e. The van der Waals surface area contributed by atoms with Gasteiger partial charge in [-0.3, -0.25) is 4.79 Å². The molecular weight excluding hydrogens is 178 g/mol. The van der Waals surface area contributed by atoms with Crippen molar-refractivity contribution in [2.24, 2.45) is 11.3 Å². The van der Waals surface area contributed by atoms with Gasteiger partial charge < -0.3 is 4.74 Å². The predicted molar refractivity (Wildman–Crippen MR) is 50.4 cm³/mol. The highest BCUT2D eigenvalue weighted by Gasteiger charge is 2.48. The van der Waals surface area contributed by atoms with Crippen molar-refractivity contribution in [1.82, 2.24) is 0 Å². The van der Waals surface area contributed by atoms with Gasteiger partial charge in [0.15, 0.2) is 11.2 Å². The van der Waals surface area contributed by atoms with E-state index in [1.807, 2.05) is 0 Å². The van der Waals surface area contributed by atoms with Crippen molar-refractivity contribution < 1.29 is 9.53 Å². The molecule has 2 rings (SSSR count). The summed E-state index contributed by atoms with van der Waals surface area (Å²) in [5.74, 6) is 0.276. The molecule has 14 heavy (non-hydrogen) atoms. The molecule has 0 aromatic rings. The van der Waals surface area contributed by atoms with Gasteiger partial charge in [0, 0.05) is 5.92 Å². The minimum Gasteiger partial charge on any atom is -0.377 e. The summed E-state index contributed by atoms with van der Waals surface area (Å²) in [5, 5.41) is 8.99. The summed E-state index contributed by atoms with van der Waals surface area (Å²) >= 11 is 0. The molecule has 0 unspecified atom stereocenters. The maximum Gasteiger partial charge on any atom is 0.162 e. The highest BCUT2D eigenvalue weighted by Crippen LogP contribution is 2.35. The quantitative estimate of drug-likeness (QED) is 0.670. The van der Waals surface area contributed by atoms with E-state index in [0.717, 1.165) is 25.7 Å². The van der Waals surface area contributed by atoms with Crippen LogP contribution in [0.2, 0.25) is 0 Å². The summed E-state index contributed by atoms with van der Waals surface area (Å²) in [5.41, 5.74) is -0.776. The molecular formula is C11H15NO2. The van der Waals surface area contributed by atoms with Crippen LogP contribution in [0.4, 0.5) is 0 Å². The Morgan fingerprint density at radius 2 is 1.93 bits per heavy atom. The second-order valence-corrected chi connectivity index (χ2v) is 4.39. The van der Waals surface area contributed by atoms with E-state index in [0.29, 0.717) is 13.2 Å². The van der Waals surface area contributed by atoms with Crippen LogP contribution in [0.1, 0.15) is 32.1 Å². The van der Waals surface area contributed by atoms with Crippen LogP contribution in [0, 0.1) is 22.7 Å². The number of nitriles is 1. The van der Waals surface area contributed by atoms with Gasteiger partial charge in [-0.05, 0) is 12.8 Å². The second kappa shape index (κ2) is 3.70. The maximum atomic E-state index is 12.0. The smallest absolute Gasteiger partial charge is 0.162 e. The first-order valence-electron chi connectivity index (χ1n) is 5.32. The first-order chi connectivity index (χ1) is 6.78. The van der Waals surface area contributed by atoms with Crippen molar-refractivity contribution in [3.63, 3.8) is 0 Å². The lowest BCUT2D eigenvalue weighted by Crippen LogP contribution is -2.50. The van der Waals surface area contributed by atoms with E-state index >= 15 is 0 Å². The van der Waals surface area contributed by atoms with E-state index in [-0.39, 0.29) is 11.7 Å². The molecule has 0 radical (unpaired) electrons. The molecule has 0 atom stereocenters. The highest BCUT2D eigenvalue weighted by atomic mass is 16.5. The SMILES string of the molecule is N#CC1(C(=O)C2CCCCC2)COC1. The minimum absolute atomic E-state index is 0.132. The van der Waals surface area contributed by atoms with Crippen molar-refractivity contribution in [2.45, 2.75) is 32.1 Å². The van der Waals surface area contributed by atoms with E-state index in [4.69, 9.17) is 10.00 Å². The van der Waals surface area contributed by atoms with Crippen molar-refractivity contribution in [3.8, 4) is 6.07 Å². The van der Waals surface area contributed by atoms with E-state index in [2.05, 4.69) is 6.07 Å². The number of Topliss-reactive ketones (excluding diaryl/α,β-unsaturated/α-hetero) is 1. The molecule has 0 aromatic heterocycles. The van der Waals surface area contributed by atoms with Gasteiger partial charge in [-0.1, -0.05) is 19.3 Å². The topological polar surface area (TPSA) is 50.1 Å². The van der Waals surface area contributed by atoms with Crippen LogP contribution in [0.15, 0.2) is 0 Å². The maximum absolute atomic E-state index is 12.0. The molecule has 0 bridgehead atoms. The van der Waals surface area contributed by atoms with Gasteiger partial charge >= 0.3 is 0 Å². The van der Waals surface area contributed by atoms with Crippen molar-refractivity contribution in [3.05, 3.63) is 0 Å². The monoisotopic (exact) mass is 193 g/mol. The van der Waals surface area contributed by atoms with E-state index in [1.54, 1.807) is 0 Å². The number of rotatable bonds is 2. The van der Waals surface area contributed by atoms with Crippen LogP contribution >= 0.6 is 0 Å². The third-order valence-corrected chi connectivity index (χ3v) is 3.36. The van der Waals surface area contributed by atoms with Crippen LogP contribution in [0.25, 0.3) is 0 Å². The number of carbonyl (C=O) groups excluding carboxylic acids is 1. The highest BCUT2D eigenvalue weighted by molar-refractivity contribution is 5.90. The van der Waals surface area contributed by atoms with Crippen LogP contribution < -0.4 is 0 Å². The third-order valence-electron chi connectivity index (χ3n) is 3.36. The Hall–Kier alpha value is -0.880. The fraction of sp³-hybridized carbons (Fsp3) is 0.818. The van der Waals surface area contributed by atoms with Gasteiger partial charge in [0.05, 0.1) is 19.3 Å². The van der Waals surface area contributed by atoms with Crippen molar-refractivity contribution >= 4 is 5.78 Å². The van der Waals surface area contributed by atoms with Gasteiger partial charge in [0.2, 0.25) is 0 Å². The molecule has 76 valence electrons. The second-order valence-electron chi connectivity index (χ2n) is 4.39. The van der Waals surface area contributed by atoms with E-state index in [1.165, 1.54) is 6.42 Å². The molecule has 0 spiro atoms. The van der Waals surface area contributed by atoms with Crippen molar-refractivity contribution in [2.75, 3.05) is 13.2 Å². The molecule has 1 aliphatic heterocycles. The molecule has 2 aliphatic rings.